The predicted octanol–water partition coefficient (Wildman–Crippen LogP) is 2.53. The van der Waals surface area contributed by atoms with E-state index in [0.717, 1.165) is 4.88 Å². The van der Waals surface area contributed by atoms with Crippen LogP contribution in [0.2, 0.25) is 0 Å². The lowest BCUT2D eigenvalue weighted by molar-refractivity contribution is -0.136. The molecule has 1 aromatic carbocycles. The monoisotopic (exact) mass is 383 g/mol. The molecule has 8 heteroatoms. The Balaban J connectivity index is 1.59. The van der Waals surface area contributed by atoms with Crippen molar-refractivity contribution in [3.8, 4) is 0 Å². The van der Waals surface area contributed by atoms with Crippen molar-refractivity contribution in [3.05, 3.63) is 76.4 Å². The summed E-state index contributed by atoms with van der Waals surface area (Å²) in [7, 11) is 0. The van der Waals surface area contributed by atoms with Crippen LogP contribution in [0.4, 0.5) is 5.69 Å². The van der Waals surface area contributed by atoms with Gasteiger partial charge in [0.1, 0.15) is 5.76 Å². The Morgan fingerprint density at radius 2 is 1.74 bits per heavy atom. The lowest BCUT2D eigenvalue weighted by atomic mass is 10.1. The Labute approximate surface area is 159 Å². The Kier molecular flexibility index (Phi) is 6.01. The highest BCUT2D eigenvalue weighted by Gasteiger charge is 2.18. The van der Waals surface area contributed by atoms with Gasteiger partial charge in [0, 0.05) is 4.88 Å². The third-order valence-corrected chi connectivity index (χ3v) is 4.51. The molecule has 7 nitrogen and oxygen atoms in total. The first-order valence-electron chi connectivity index (χ1n) is 8.14. The number of furan rings is 1. The minimum Gasteiger partial charge on any atom is -0.467 e. The highest BCUT2D eigenvalue weighted by atomic mass is 32.1. The summed E-state index contributed by atoms with van der Waals surface area (Å²) in [6.45, 7) is 0.491. The molecule has 0 saturated carbocycles. The number of hydrogen-bond acceptors (Lipinski definition) is 5. The number of benzene rings is 1. The lowest BCUT2D eigenvalue weighted by Gasteiger charge is -2.11. The van der Waals surface area contributed by atoms with E-state index >= 15 is 0 Å². The van der Waals surface area contributed by atoms with E-state index in [1.807, 2.05) is 17.5 Å². The van der Waals surface area contributed by atoms with Crippen molar-refractivity contribution in [2.75, 3.05) is 5.32 Å². The largest absolute Gasteiger partial charge is 0.467 e. The Morgan fingerprint density at radius 1 is 0.889 bits per heavy atom. The first kappa shape index (κ1) is 18.4. The summed E-state index contributed by atoms with van der Waals surface area (Å²) >= 11 is 1.48. The average molecular weight is 383 g/mol. The van der Waals surface area contributed by atoms with E-state index in [9.17, 15) is 14.4 Å². The van der Waals surface area contributed by atoms with E-state index in [-0.39, 0.29) is 30.2 Å². The number of para-hydroxylation sites is 1. The van der Waals surface area contributed by atoms with Gasteiger partial charge in [0.25, 0.3) is 5.91 Å². The molecule has 3 N–H and O–H groups in total. The number of rotatable bonds is 6. The maximum Gasteiger partial charge on any atom is 0.313 e. The molecule has 0 atom stereocenters. The molecule has 2 heterocycles. The molecule has 27 heavy (non-hydrogen) atoms. The SMILES string of the molecule is O=C(NCc1cccs1)C(=O)Nc1ccccc1C(=O)NCc1ccco1. The van der Waals surface area contributed by atoms with Crippen molar-refractivity contribution in [1.29, 1.82) is 0 Å². The molecule has 138 valence electrons. The van der Waals surface area contributed by atoms with Gasteiger partial charge in [-0.25, -0.2) is 0 Å². The van der Waals surface area contributed by atoms with Gasteiger partial charge in [0.15, 0.2) is 0 Å². The molecule has 2 aromatic heterocycles. The normalized spacial score (nSPS) is 10.2. The molecule has 3 rings (SSSR count). The fourth-order valence-electron chi connectivity index (χ4n) is 2.31. The Morgan fingerprint density at radius 3 is 2.48 bits per heavy atom. The summed E-state index contributed by atoms with van der Waals surface area (Å²) in [6.07, 6.45) is 1.52. The number of thiophene rings is 1. The molecule has 0 unspecified atom stereocenters. The maximum atomic E-state index is 12.4. The zero-order chi connectivity index (χ0) is 19.1. The van der Waals surface area contributed by atoms with Crippen molar-refractivity contribution < 1.29 is 18.8 Å². The van der Waals surface area contributed by atoms with Gasteiger partial charge in [-0.2, -0.15) is 0 Å². The lowest BCUT2D eigenvalue weighted by Crippen LogP contribution is -2.35. The third-order valence-electron chi connectivity index (χ3n) is 3.63. The second-order valence-corrected chi connectivity index (χ2v) is 6.56. The van der Waals surface area contributed by atoms with Crippen LogP contribution < -0.4 is 16.0 Å². The zero-order valence-electron chi connectivity index (χ0n) is 14.2. The molecular weight excluding hydrogens is 366 g/mol. The van der Waals surface area contributed by atoms with Crippen LogP contribution in [0.3, 0.4) is 0 Å². The summed E-state index contributed by atoms with van der Waals surface area (Å²) in [5, 5.41) is 9.62. The highest BCUT2D eigenvalue weighted by molar-refractivity contribution is 7.09. The molecule has 0 fully saturated rings. The van der Waals surface area contributed by atoms with Crippen molar-refractivity contribution in [1.82, 2.24) is 10.6 Å². The molecule has 0 aliphatic heterocycles. The third kappa shape index (κ3) is 5.05. The first-order valence-corrected chi connectivity index (χ1v) is 9.02. The van der Waals surface area contributed by atoms with Crippen LogP contribution in [0, 0.1) is 0 Å². The number of hydrogen-bond donors (Lipinski definition) is 3. The van der Waals surface area contributed by atoms with Crippen LogP contribution >= 0.6 is 11.3 Å². The number of carbonyl (C=O) groups excluding carboxylic acids is 3. The van der Waals surface area contributed by atoms with Gasteiger partial charge in [-0.1, -0.05) is 18.2 Å². The van der Waals surface area contributed by atoms with Gasteiger partial charge in [-0.3, -0.25) is 14.4 Å². The molecule has 0 aliphatic carbocycles. The summed E-state index contributed by atoms with van der Waals surface area (Å²) in [5.74, 6) is -1.38. The van der Waals surface area contributed by atoms with Crippen molar-refractivity contribution in [2.24, 2.45) is 0 Å². The summed E-state index contributed by atoms with van der Waals surface area (Å²) in [4.78, 5) is 37.4. The van der Waals surface area contributed by atoms with Gasteiger partial charge >= 0.3 is 11.8 Å². The molecule has 3 aromatic rings. The van der Waals surface area contributed by atoms with Crippen molar-refractivity contribution in [3.63, 3.8) is 0 Å². The van der Waals surface area contributed by atoms with E-state index < -0.39 is 11.8 Å². The van der Waals surface area contributed by atoms with Gasteiger partial charge in [0.05, 0.1) is 30.6 Å². The second kappa shape index (κ2) is 8.81. The summed E-state index contributed by atoms with van der Waals surface area (Å²) < 4.78 is 5.17. The topological polar surface area (TPSA) is 100 Å². The van der Waals surface area contributed by atoms with Crippen LogP contribution in [0.15, 0.2) is 64.6 Å². The van der Waals surface area contributed by atoms with E-state index in [4.69, 9.17) is 4.42 Å². The van der Waals surface area contributed by atoms with Crippen molar-refractivity contribution in [2.45, 2.75) is 13.1 Å². The molecular formula is C19H17N3O4S. The standard InChI is InChI=1S/C19H17N3O4S/c23-17(20-11-13-5-3-9-26-13)15-7-1-2-8-16(15)22-19(25)18(24)21-12-14-6-4-10-27-14/h1-10H,11-12H2,(H,20,23)(H,21,24)(H,22,25). The number of carbonyl (C=O) groups is 3. The molecule has 3 amide bonds. The fraction of sp³-hybridized carbons (Fsp3) is 0.105. The maximum absolute atomic E-state index is 12.4. The van der Waals surface area contributed by atoms with Gasteiger partial charge < -0.3 is 20.4 Å². The zero-order valence-corrected chi connectivity index (χ0v) is 15.0. The Hall–Kier alpha value is -3.39. The number of nitrogens with one attached hydrogen (secondary N) is 3. The minimum absolute atomic E-state index is 0.218. The van der Waals surface area contributed by atoms with Crippen LogP contribution in [0.5, 0.6) is 0 Å². The summed E-state index contributed by atoms with van der Waals surface area (Å²) in [5.41, 5.74) is 0.509. The first-order chi connectivity index (χ1) is 13.1. The molecule has 0 bridgehead atoms. The number of anilines is 1. The van der Waals surface area contributed by atoms with Gasteiger partial charge in [-0.05, 0) is 35.7 Å². The van der Waals surface area contributed by atoms with Crippen LogP contribution in [0.1, 0.15) is 21.0 Å². The quantitative estimate of drug-likeness (QED) is 0.570. The molecule has 0 radical (unpaired) electrons. The van der Waals surface area contributed by atoms with Crippen LogP contribution in [-0.2, 0) is 22.7 Å². The van der Waals surface area contributed by atoms with Crippen LogP contribution in [-0.4, -0.2) is 17.7 Å². The number of amides is 3. The van der Waals surface area contributed by atoms with Crippen LogP contribution in [0.25, 0.3) is 0 Å². The van der Waals surface area contributed by atoms with E-state index in [1.54, 1.807) is 36.4 Å². The smallest absolute Gasteiger partial charge is 0.313 e. The van der Waals surface area contributed by atoms with E-state index in [2.05, 4.69) is 16.0 Å². The minimum atomic E-state index is -0.835. The van der Waals surface area contributed by atoms with E-state index in [0.29, 0.717) is 5.76 Å². The Bertz CT molecular complexity index is 920. The van der Waals surface area contributed by atoms with E-state index in [1.165, 1.54) is 17.6 Å². The highest BCUT2D eigenvalue weighted by Crippen LogP contribution is 2.15. The predicted molar refractivity (Wildman–Crippen MR) is 101 cm³/mol. The van der Waals surface area contributed by atoms with Crippen molar-refractivity contribution >= 4 is 34.7 Å². The molecule has 0 aliphatic rings. The summed E-state index contributed by atoms with van der Waals surface area (Å²) in [6, 6.07) is 13.7. The fourth-order valence-corrected chi connectivity index (χ4v) is 2.95. The molecule has 0 saturated heterocycles. The van der Waals surface area contributed by atoms with Gasteiger partial charge in [0.2, 0.25) is 0 Å². The molecule has 0 spiro atoms. The second-order valence-electron chi connectivity index (χ2n) is 5.52. The van der Waals surface area contributed by atoms with Gasteiger partial charge in [-0.15, -0.1) is 11.3 Å². The average Bonchev–Trinajstić information content (AvgIpc) is 3.38.